The SMILES string of the molecule is CC(C)(C)OC(=O)NC(CCCCN/C(N)=N/[N+](=O)[O-])C(=O)O.CC(Cc1ccc2c(c1)OCO2)NC(=O)C(N)CCCCN=C(N)N.CC(N)Cc1ccc2c(c1)OCO2. The van der Waals surface area contributed by atoms with Crippen LogP contribution in [-0.4, -0.2) is 96.5 Å². The van der Waals surface area contributed by atoms with E-state index >= 15 is 0 Å². The Morgan fingerprint density at radius 1 is 0.852 bits per heavy atom. The summed E-state index contributed by atoms with van der Waals surface area (Å²) in [5.74, 6) is 1.60. The van der Waals surface area contributed by atoms with Gasteiger partial charge in [0, 0.05) is 25.2 Å². The molecule has 0 aromatic heterocycles. The minimum absolute atomic E-state index is 0.0273. The maximum Gasteiger partial charge on any atom is 0.408 e. The van der Waals surface area contributed by atoms with Gasteiger partial charge in [0.05, 0.1) is 6.04 Å². The quantitative estimate of drug-likeness (QED) is 0.0319. The Balaban J connectivity index is 0.000000329. The number of nitrogens with two attached hydrogens (primary N) is 5. The highest BCUT2D eigenvalue weighted by Gasteiger charge is 2.24. The Bertz CT molecular complexity index is 1780. The van der Waals surface area contributed by atoms with Crippen molar-refractivity contribution in [2.24, 2.45) is 38.8 Å². The lowest BCUT2D eigenvalue weighted by Crippen LogP contribution is -2.45. The van der Waals surface area contributed by atoms with E-state index in [0.717, 1.165) is 47.8 Å². The number of ether oxygens (including phenoxy) is 5. The average molecular weight is 862 g/mol. The zero-order valence-electron chi connectivity index (χ0n) is 35.5. The third kappa shape index (κ3) is 22.0. The summed E-state index contributed by atoms with van der Waals surface area (Å²) in [6.45, 7) is 10.4. The third-order valence-corrected chi connectivity index (χ3v) is 8.32. The molecule has 0 bridgehead atoms. The molecule has 0 aliphatic carbocycles. The topological polar surface area (TPSA) is 352 Å². The van der Waals surface area contributed by atoms with E-state index in [-0.39, 0.29) is 43.1 Å². The molecular formula is C39H63N11O11. The molecule has 61 heavy (non-hydrogen) atoms. The van der Waals surface area contributed by atoms with Gasteiger partial charge in [-0.1, -0.05) is 12.1 Å². The lowest BCUT2D eigenvalue weighted by molar-refractivity contribution is -0.485. The first-order valence-electron chi connectivity index (χ1n) is 19.8. The van der Waals surface area contributed by atoms with E-state index < -0.39 is 34.8 Å². The van der Waals surface area contributed by atoms with Gasteiger partial charge in [0.2, 0.25) is 19.5 Å². The van der Waals surface area contributed by atoms with E-state index in [4.69, 9.17) is 57.5 Å². The van der Waals surface area contributed by atoms with E-state index in [2.05, 4.69) is 26.0 Å². The molecular weight excluding hydrogens is 798 g/mol. The van der Waals surface area contributed by atoms with Crippen molar-refractivity contribution >= 4 is 29.9 Å². The molecule has 2 amide bonds. The number of benzene rings is 2. The van der Waals surface area contributed by atoms with Gasteiger partial charge in [-0.05, 0) is 121 Å². The van der Waals surface area contributed by atoms with E-state index in [1.54, 1.807) is 20.8 Å². The number of carbonyl (C=O) groups is 3. The molecule has 340 valence electrons. The van der Waals surface area contributed by atoms with Crippen LogP contribution in [0, 0.1) is 10.1 Å². The third-order valence-electron chi connectivity index (χ3n) is 8.32. The number of amides is 2. The lowest BCUT2D eigenvalue weighted by atomic mass is 10.1. The smallest absolute Gasteiger partial charge is 0.408 e. The number of aliphatic imine (C=N–C) groups is 1. The molecule has 0 spiro atoms. The van der Waals surface area contributed by atoms with Crippen molar-refractivity contribution in [3.63, 3.8) is 0 Å². The van der Waals surface area contributed by atoms with Crippen molar-refractivity contribution < 1.29 is 48.2 Å². The number of unbranched alkanes of at least 4 members (excludes halogenated alkanes) is 2. The number of alkyl carbamates (subject to hydrolysis) is 1. The summed E-state index contributed by atoms with van der Waals surface area (Å²) < 4.78 is 26.1. The second-order valence-corrected chi connectivity index (χ2v) is 15.3. The molecule has 2 aromatic rings. The zero-order chi connectivity index (χ0) is 45.5. The number of hydrazone groups is 1. The van der Waals surface area contributed by atoms with Crippen LogP contribution < -0.4 is 63.6 Å². The van der Waals surface area contributed by atoms with Gasteiger partial charge in [-0.3, -0.25) is 9.79 Å². The van der Waals surface area contributed by atoms with Gasteiger partial charge in [-0.15, -0.1) is 0 Å². The minimum atomic E-state index is -1.17. The van der Waals surface area contributed by atoms with Gasteiger partial charge in [0.15, 0.2) is 34.0 Å². The number of nitro groups is 1. The fraction of sp³-hybridized carbons (Fsp3) is 0.564. The highest BCUT2D eigenvalue weighted by molar-refractivity contribution is 5.82. The number of guanidine groups is 2. The van der Waals surface area contributed by atoms with Crippen molar-refractivity contribution in [2.75, 3.05) is 26.7 Å². The first-order chi connectivity index (χ1) is 28.7. The molecule has 2 aliphatic heterocycles. The second kappa shape index (κ2) is 26.0. The molecule has 0 saturated heterocycles. The summed E-state index contributed by atoms with van der Waals surface area (Å²) in [6.07, 6.45) is 4.08. The Labute approximate surface area is 355 Å². The van der Waals surface area contributed by atoms with Crippen LogP contribution in [0.2, 0.25) is 0 Å². The predicted octanol–water partition coefficient (Wildman–Crippen LogP) is 1.77. The van der Waals surface area contributed by atoms with Crippen molar-refractivity contribution in [3.8, 4) is 23.0 Å². The maximum absolute atomic E-state index is 12.2. The molecule has 0 fully saturated rings. The number of rotatable bonds is 19. The molecule has 2 aliphatic rings. The van der Waals surface area contributed by atoms with Gasteiger partial charge in [-0.25, -0.2) is 19.7 Å². The predicted molar refractivity (Wildman–Crippen MR) is 228 cm³/mol. The van der Waals surface area contributed by atoms with Gasteiger partial charge in [0.25, 0.3) is 5.96 Å². The number of carboxylic acid groups (broad SMARTS) is 1. The summed E-state index contributed by atoms with van der Waals surface area (Å²) in [5.41, 5.74) is 28.9. The monoisotopic (exact) mass is 861 g/mol. The van der Waals surface area contributed by atoms with Crippen LogP contribution in [0.25, 0.3) is 0 Å². The van der Waals surface area contributed by atoms with Crippen molar-refractivity contribution in [1.29, 1.82) is 0 Å². The summed E-state index contributed by atoms with van der Waals surface area (Å²) >= 11 is 0. The molecule has 2 aromatic carbocycles. The molecule has 2 heterocycles. The fourth-order valence-corrected chi connectivity index (χ4v) is 5.60. The Kier molecular flexibility index (Phi) is 21.7. The number of carbonyl (C=O) groups excluding carboxylic acids is 2. The Morgan fingerprint density at radius 2 is 1.41 bits per heavy atom. The summed E-state index contributed by atoms with van der Waals surface area (Å²) in [7, 11) is 0. The Morgan fingerprint density at radius 3 is 1.93 bits per heavy atom. The zero-order valence-corrected chi connectivity index (χ0v) is 35.5. The highest BCUT2D eigenvalue weighted by atomic mass is 16.7. The molecule has 0 radical (unpaired) electrons. The van der Waals surface area contributed by atoms with Gasteiger partial charge in [0.1, 0.15) is 16.7 Å². The molecule has 22 nitrogen and oxygen atoms in total. The van der Waals surface area contributed by atoms with Crippen LogP contribution in [-0.2, 0) is 27.2 Å². The molecule has 4 rings (SSSR count). The van der Waals surface area contributed by atoms with Crippen LogP contribution in [0.3, 0.4) is 0 Å². The number of fused-ring (bicyclic) bond motifs is 2. The summed E-state index contributed by atoms with van der Waals surface area (Å²) in [5, 5.41) is 28.8. The highest BCUT2D eigenvalue weighted by Crippen LogP contribution is 2.33. The van der Waals surface area contributed by atoms with Crippen LogP contribution in [0.5, 0.6) is 23.0 Å². The van der Waals surface area contributed by atoms with Crippen molar-refractivity contribution in [1.82, 2.24) is 16.0 Å². The van der Waals surface area contributed by atoms with Crippen LogP contribution in [0.4, 0.5) is 4.79 Å². The second-order valence-electron chi connectivity index (χ2n) is 15.3. The standard InChI is InChI=1S/C17H27N5O3.C12H23N5O6.C10H13NO2/c1-11(8-12-5-6-14-15(9-12)25-10-24-14)22-16(23)13(18)4-2-3-7-21-17(19)20;1-12(2,3)23-11(20)15-8(9(18)19)6-4-5-7-14-10(13)16-17(21)22;1-7(11)4-8-2-3-9-10(5-8)13-6-12-9/h5-6,9,11,13H,2-4,7-8,10,18H2,1H3,(H,22,23)(H4,19,20,21);8H,4-7H2,1-3H3,(H,15,20)(H,18,19)(H3,13,14,16);2-3,5,7H,4,6,11H2,1H3. The summed E-state index contributed by atoms with van der Waals surface area (Å²) in [4.78, 5) is 48.7. The normalized spacial score (nSPS) is 14.3. The van der Waals surface area contributed by atoms with Gasteiger partial charge >= 0.3 is 12.1 Å². The number of hydrogen-bond donors (Lipinski definition) is 9. The van der Waals surface area contributed by atoms with Gasteiger partial charge in [-0.2, -0.15) is 0 Å². The summed E-state index contributed by atoms with van der Waals surface area (Å²) in [6, 6.07) is 10.3. The largest absolute Gasteiger partial charge is 0.480 e. The van der Waals surface area contributed by atoms with Crippen LogP contribution in [0.1, 0.15) is 84.3 Å². The average Bonchev–Trinajstić information content (AvgIpc) is 3.82. The van der Waals surface area contributed by atoms with Crippen LogP contribution in [0.15, 0.2) is 46.5 Å². The first-order valence-corrected chi connectivity index (χ1v) is 19.8. The number of nitrogens with zero attached hydrogens (tertiary/aromatic N) is 3. The number of hydrogen-bond acceptors (Lipinski definition) is 13. The molecule has 22 heteroatoms. The molecule has 4 atom stereocenters. The fourth-order valence-electron chi connectivity index (χ4n) is 5.60. The van der Waals surface area contributed by atoms with Gasteiger partial charge < -0.3 is 73.4 Å². The Hall–Kier alpha value is -6.29. The van der Waals surface area contributed by atoms with Crippen molar-refractivity contribution in [2.45, 2.75) is 116 Å². The minimum Gasteiger partial charge on any atom is -0.480 e. The number of aliphatic carboxylic acids is 1. The molecule has 14 N–H and O–H groups in total. The van der Waals surface area contributed by atoms with E-state index in [1.807, 2.05) is 50.2 Å². The lowest BCUT2D eigenvalue weighted by Gasteiger charge is -2.22. The van der Waals surface area contributed by atoms with Crippen molar-refractivity contribution in [3.05, 3.63) is 57.6 Å². The number of carboxylic acids is 1. The van der Waals surface area contributed by atoms with Crippen LogP contribution >= 0.6 is 0 Å². The number of nitrogens with one attached hydrogen (secondary N) is 3. The van der Waals surface area contributed by atoms with E-state index in [0.29, 0.717) is 45.6 Å². The van der Waals surface area contributed by atoms with E-state index in [9.17, 15) is 24.5 Å². The maximum atomic E-state index is 12.2. The van der Waals surface area contributed by atoms with E-state index in [1.165, 1.54) is 5.56 Å². The molecule has 4 unspecified atom stereocenters. The molecule has 0 saturated carbocycles. The first kappa shape index (κ1) is 50.9.